The number of methoxy groups -OCH3 is 1. The summed E-state index contributed by atoms with van der Waals surface area (Å²) < 4.78 is 5.62. The summed E-state index contributed by atoms with van der Waals surface area (Å²) in [4.78, 5) is 37.1. The molecular formula is C25H27ClN8O3. The van der Waals surface area contributed by atoms with Crippen molar-refractivity contribution in [1.29, 1.82) is 5.26 Å². The van der Waals surface area contributed by atoms with E-state index < -0.39 is 5.54 Å². The van der Waals surface area contributed by atoms with E-state index in [0.717, 1.165) is 12.0 Å². The molecular weight excluding hydrogens is 496 g/mol. The van der Waals surface area contributed by atoms with Crippen molar-refractivity contribution in [2.24, 2.45) is 17.6 Å². The molecule has 3 atom stereocenters. The van der Waals surface area contributed by atoms with Gasteiger partial charge in [0.2, 0.25) is 17.8 Å². The quantitative estimate of drug-likeness (QED) is 0.368. The first-order valence-corrected chi connectivity index (χ1v) is 12.2. The molecule has 1 fully saturated rings. The number of nitriles is 1. The molecule has 11 nitrogen and oxygen atoms in total. The SMILES string of the molecule is COc1cc2c(cc1Nc1ncc(Cl)c(NC34C=CC(CC3C(N)=O)C4)n1)N(C)C(=O)CN(CC#N)C2. The highest BCUT2D eigenvalue weighted by atomic mass is 35.5. The molecule has 1 saturated carbocycles. The number of carbonyl (C=O) groups is 2. The van der Waals surface area contributed by atoms with Gasteiger partial charge in [0.05, 0.1) is 55.3 Å². The molecule has 3 aliphatic rings. The van der Waals surface area contributed by atoms with Crippen LogP contribution in [0.3, 0.4) is 0 Å². The number of halogens is 1. The van der Waals surface area contributed by atoms with Crippen LogP contribution in [0.5, 0.6) is 5.75 Å². The van der Waals surface area contributed by atoms with Gasteiger partial charge in [-0.1, -0.05) is 23.8 Å². The van der Waals surface area contributed by atoms with Crippen molar-refractivity contribution in [3.05, 3.63) is 41.1 Å². The van der Waals surface area contributed by atoms with E-state index >= 15 is 0 Å². The number of likely N-dealkylation sites (N-methyl/N-ethyl adjacent to an activating group) is 1. The van der Waals surface area contributed by atoms with Crippen molar-refractivity contribution in [2.75, 3.05) is 42.8 Å². The number of hydrogen-bond acceptors (Lipinski definition) is 9. The van der Waals surface area contributed by atoms with Gasteiger partial charge in [-0.2, -0.15) is 10.2 Å². The predicted octanol–water partition coefficient (Wildman–Crippen LogP) is 2.42. The van der Waals surface area contributed by atoms with Crippen LogP contribution in [0.4, 0.5) is 23.1 Å². The van der Waals surface area contributed by atoms with Crippen LogP contribution < -0.4 is 26.0 Å². The Kier molecular flexibility index (Phi) is 6.39. The molecule has 37 heavy (non-hydrogen) atoms. The van der Waals surface area contributed by atoms with Crippen LogP contribution in [0, 0.1) is 23.2 Å². The number of benzene rings is 1. The van der Waals surface area contributed by atoms with Crippen molar-refractivity contribution in [3.8, 4) is 11.8 Å². The van der Waals surface area contributed by atoms with E-state index in [-0.39, 0.29) is 42.7 Å². The van der Waals surface area contributed by atoms with Crippen LogP contribution in [0.1, 0.15) is 18.4 Å². The minimum atomic E-state index is -0.633. The molecule has 1 aliphatic heterocycles. The van der Waals surface area contributed by atoms with Crippen LogP contribution in [0.25, 0.3) is 0 Å². The van der Waals surface area contributed by atoms with Crippen LogP contribution in [-0.4, -0.2) is 59.5 Å². The van der Waals surface area contributed by atoms with Crippen LogP contribution >= 0.6 is 11.6 Å². The molecule has 2 aromatic rings. The molecule has 0 radical (unpaired) electrons. The second-order valence-electron chi connectivity index (χ2n) is 9.63. The zero-order valence-corrected chi connectivity index (χ0v) is 21.2. The minimum absolute atomic E-state index is 0.123. The number of anilines is 4. The van der Waals surface area contributed by atoms with E-state index in [1.165, 1.54) is 6.20 Å². The Hall–Kier alpha value is -3.88. The molecule has 1 aromatic heterocycles. The van der Waals surface area contributed by atoms with Crippen molar-refractivity contribution in [3.63, 3.8) is 0 Å². The van der Waals surface area contributed by atoms with Gasteiger partial charge in [-0.25, -0.2) is 4.98 Å². The maximum absolute atomic E-state index is 12.7. The van der Waals surface area contributed by atoms with Crippen molar-refractivity contribution in [1.82, 2.24) is 14.9 Å². The fraction of sp³-hybridized carbons (Fsp3) is 0.400. The Morgan fingerprint density at radius 2 is 2.22 bits per heavy atom. The van der Waals surface area contributed by atoms with Gasteiger partial charge >= 0.3 is 0 Å². The summed E-state index contributed by atoms with van der Waals surface area (Å²) in [5.74, 6) is 0.607. The van der Waals surface area contributed by atoms with Gasteiger partial charge in [-0.05, 0) is 36.5 Å². The van der Waals surface area contributed by atoms with E-state index in [1.54, 1.807) is 30.0 Å². The number of nitrogens with zero attached hydrogens (tertiary/aromatic N) is 5. The number of aromatic nitrogens is 2. The summed E-state index contributed by atoms with van der Waals surface area (Å²) in [5, 5.41) is 16.0. The lowest BCUT2D eigenvalue weighted by Crippen LogP contribution is -2.46. The zero-order valence-electron chi connectivity index (χ0n) is 20.5. The largest absolute Gasteiger partial charge is 0.495 e. The number of nitrogens with one attached hydrogen (secondary N) is 2. The molecule has 1 aromatic carbocycles. The third-order valence-corrected chi connectivity index (χ3v) is 7.57. The summed E-state index contributed by atoms with van der Waals surface area (Å²) >= 11 is 6.43. The lowest BCUT2D eigenvalue weighted by Gasteiger charge is -2.32. The van der Waals surface area contributed by atoms with Gasteiger partial charge in [-0.3, -0.25) is 14.5 Å². The first-order valence-electron chi connectivity index (χ1n) is 11.9. The Bertz CT molecular complexity index is 1340. The van der Waals surface area contributed by atoms with Gasteiger partial charge in [-0.15, -0.1) is 0 Å². The molecule has 2 amide bonds. The molecule has 3 unspecified atom stereocenters. The first kappa shape index (κ1) is 24.8. The fourth-order valence-electron chi connectivity index (χ4n) is 5.47. The Balaban J connectivity index is 1.45. The lowest BCUT2D eigenvalue weighted by atomic mass is 9.85. The number of allylic oxidation sites excluding steroid dienone is 1. The maximum Gasteiger partial charge on any atom is 0.240 e. The molecule has 0 saturated heterocycles. The normalized spacial score (nSPS) is 24.4. The second-order valence-corrected chi connectivity index (χ2v) is 10.0. The molecule has 5 rings (SSSR count). The first-order chi connectivity index (χ1) is 17.7. The van der Waals surface area contributed by atoms with Gasteiger partial charge in [0, 0.05) is 13.6 Å². The Labute approximate surface area is 219 Å². The van der Waals surface area contributed by atoms with Gasteiger partial charge in [0.15, 0.2) is 5.82 Å². The Morgan fingerprint density at radius 3 is 2.92 bits per heavy atom. The van der Waals surface area contributed by atoms with Crippen LogP contribution in [-0.2, 0) is 16.1 Å². The third-order valence-electron chi connectivity index (χ3n) is 7.29. The van der Waals surface area contributed by atoms with E-state index in [4.69, 9.17) is 27.3 Å². The highest BCUT2D eigenvalue weighted by molar-refractivity contribution is 6.32. The molecule has 2 heterocycles. The maximum atomic E-state index is 12.7. The molecule has 192 valence electrons. The standard InChI is InChI=1S/C25H27ClN8O3/c1-33-19-9-18(20(37-2)8-15(19)12-34(6-5-27)13-21(33)35)30-24-29-11-17(26)23(31-24)32-25-4-3-14(10-25)7-16(25)22(28)36/h3-4,8-9,11,14,16H,6-7,10,12-13H2,1-2H3,(H2,28,36)(H2,29,30,31,32). The highest BCUT2D eigenvalue weighted by Gasteiger charge is 2.51. The van der Waals surface area contributed by atoms with Gasteiger partial charge < -0.3 is 26.0 Å². The molecule has 2 bridgehead atoms. The van der Waals surface area contributed by atoms with E-state index in [0.29, 0.717) is 40.9 Å². The van der Waals surface area contributed by atoms with Crippen molar-refractivity contribution < 1.29 is 14.3 Å². The molecule has 4 N–H and O–H groups in total. The van der Waals surface area contributed by atoms with E-state index in [1.807, 2.05) is 12.1 Å². The molecule has 0 spiro atoms. The van der Waals surface area contributed by atoms with E-state index in [9.17, 15) is 9.59 Å². The number of ether oxygens (including phenoxy) is 1. The number of carbonyl (C=O) groups excluding carboxylic acids is 2. The van der Waals surface area contributed by atoms with Gasteiger partial charge in [0.25, 0.3) is 0 Å². The third kappa shape index (κ3) is 4.54. The fourth-order valence-corrected chi connectivity index (χ4v) is 5.61. The highest BCUT2D eigenvalue weighted by Crippen LogP contribution is 2.49. The number of fused-ring (bicyclic) bond motifs is 3. The summed E-state index contributed by atoms with van der Waals surface area (Å²) in [5.41, 5.74) is 7.15. The summed E-state index contributed by atoms with van der Waals surface area (Å²) in [6, 6.07) is 5.75. The molecule has 2 aliphatic carbocycles. The summed E-state index contributed by atoms with van der Waals surface area (Å²) in [7, 11) is 3.25. The second kappa shape index (κ2) is 9.53. The van der Waals surface area contributed by atoms with E-state index in [2.05, 4.69) is 32.7 Å². The van der Waals surface area contributed by atoms with Crippen molar-refractivity contribution >= 4 is 46.6 Å². The van der Waals surface area contributed by atoms with Gasteiger partial charge in [0.1, 0.15) is 10.8 Å². The molecule has 12 heteroatoms. The number of rotatable bonds is 7. The predicted molar refractivity (Wildman–Crippen MR) is 139 cm³/mol. The number of nitrogens with two attached hydrogens (primary N) is 1. The topological polar surface area (TPSA) is 150 Å². The number of hydrogen-bond donors (Lipinski definition) is 3. The van der Waals surface area contributed by atoms with Crippen molar-refractivity contribution in [2.45, 2.75) is 24.9 Å². The monoisotopic (exact) mass is 522 g/mol. The lowest BCUT2D eigenvalue weighted by molar-refractivity contribution is -0.122. The average Bonchev–Trinajstić information content (AvgIpc) is 3.41. The minimum Gasteiger partial charge on any atom is -0.495 e. The Morgan fingerprint density at radius 1 is 1.41 bits per heavy atom. The smallest absolute Gasteiger partial charge is 0.240 e. The average molecular weight is 523 g/mol. The number of primary amides is 1. The summed E-state index contributed by atoms with van der Waals surface area (Å²) in [6.45, 7) is 0.713. The van der Waals surface area contributed by atoms with Crippen LogP contribution in [0.15, 0.2) is 30.5 Å². The zero-order chi connectivity index (χ0) is 26.3. The number of amides is 2. The summed E-state index contributed by atoms with van der Waals surface area (Å²) in [6.07, 6.45) is 6.99. The van der Waals surface area contributed by atoms with Crippen LogP contribution in [0.2, 0.25) is 5.02 Å².